The molecule has 2 aromatic carbocycles. The van der Waals surface area contributed by atoms with E-state index in [1.807, 2.05) is 103 Å². The summed E-state index contributed by atoms with van der Waals surface area (Å²) in [5.41, 5.74) is 9.04. The molecule has 0 radical (unpaired) electrons. The number of hydrogen-bond acceptors (Lipinski definition) is 2. The van der Waals surface area contributed by atoms with Crippen LogP contribution in [0.5, 0.6) is 0 Å². The lowest BCUT2D eigenvalue weighted by Crippen LogP contribution is -2.51. The summed E-state index contributed by atoms with van der Waals surface area (Å²) in [4.78, 5) is 4.87. The number of pyridine rings is 1. The number of benzene rings is 2. The Morgan fingerprint density at radius 1 is 0.902 bits per heavy atom. The molecule has 3 aromatic heterocycles. The molecule has 0 spiro atoms. The molecule has 1 N–H and O–H groups in total. The number of imidazole rings is 1. The van der Waals surface area contributed by atoms with Crippen LogP contribution < -0.4 is 5.32 Å². The normalized spacial score (nSPS) is 15.8. The van der Waals surface area contributed by atoms with Crippen LogP contribution in [0.1, 0.15) is 36.4 Å². The lowest BCUT2D eigenvalue weighted by molar-refractivity contribution is -0.363. The maximum absolute atomic E-state index is 16.0. The van der Waals surface area contributed by atoms with E-state index in [9.17, 15) is 0 Å². The zero-order valence-corrected chi connectivity index (χ0v) is 23.8. The molecule has 0 saturated carbocycles. The molecular formula is C32H27BClF2N5. The molecule has 0 atom stereocenters. The van der Waals surface area contributed by atoms with Crippen molar-refractivity contribution in [3.63, 3.8) is 0 Å². The molecule has 0 unspecified atom stereocenters. The minimum atomic E-state index is -4.01. The van der Waals surface area contributed by atoms with Crippen LogP contribution in [0.4, 0.5) is 20.1 Å². The largest absolute Gasteiger partial charge is 0.737 e. The van der Waals surface area contributed by atoms with Crippen molar-refractivity contribution >= 4 is 47.0 Å². The fourth-order valence-electron chi connectivity index (χ4n) is 6.35. The minimum absolute atomic E-state index is 0.553. The average molecular weight is 566 g/mol. The van der Waals surface area contributed by atoms with Crippen molar-refractivity contribution in [1.29, 1.82) is 0 Å². The van der Waals surface area contributed by atoms with Gasteiger partial charge in [0.25, 0.3) is 0 Å². The molecule has 2 aliphatic heterocycles. The molecule has 0 saturated heterocycles. The Morgan fingerprint density at radius 3 is 2.34 bits per heavy atom. The fourth-order valence-corrected chi connectivity index (χ4v) is 6.48. The van der Waals surface area contributed by atoms with E-state index in [1.54, 1.807) is 13.8 Å². The van der Waals surface area contributed by atoms with Gasteiger partial charge in [-0.15, -0.1) is 0 Å². The summed E-state index contributed by atoms with van der Waals surface area (Å²) < 4.78 is 36.4. The van der Waals surface area contributed by atoms with Gasteiger partial charge in [0.05, 0.1) is 5.57 Å². The van der Waals surface area contributed by atoms with E-state index in [-0.39, 0.29) is 0 Å². The Balaban J connectivity index is 1.34. The van der Waals surface area contributed by atoms with Crippen LogP contribution >= 0.6 is 11.6 Å². The number of aryl methyl sites for hydroxylation is 2. The van der Waals surface area contributed by atoms with Gasteiger partial charge in [-0.2, -0.15) is 0 Å². The third-order valence-corrected chi connectivity index (χ3v) is 8.27. The standard InChI is InChI=1S/C32H27BClF2N5/c1-19-17-21(3)40-30(19)28(31-20(2)18-22(4)41(31)33(40,35)36)23-10-14-26(15-11-23)37-32-29(24-8-12-25(34)13-9-24)38-27-7-5-6-16-39(27)32/h5-18,37H,1-4H3. The molecule has 41 heavy (non-hydrogen) atoms. The number of hydrogen-bond donors (Lipinski definition) is 1. The van der Waals surface area contributed by atoms with Crippen molar-refractivity contribution in [2.75, 3.05) is 5.32 Å². The number of fused-ring (bicyclic) bond motifs is 3. The molecule has 0 fully saturated rings. The Hall–Kier alpha value is -4.43. The van der Waals surface area contributed by atoms with Crippen molar-refractivity contribution in [2.45, 2.75) is 27.7 Å². The van der Waals surface area contributed by atoms with Crippen LogP contribution in [0.3, 0.4) is 0 Å². The smallest absolute Gasteiger partial charge is 0.393 e. The second-order valence-corrected chi connectivity index (χ2v) is 11.2. The first kappa shape index (κ1) is 25.5. The van der Waals surface area contributed by atoms with E-state index < -0.39 is 6.97 Å². The maximum atomic E-state index is 16.0. The van der Waals surface area contributed by atoms with Crippen molar-refractivity contribution in [2.24, 2.45) is 0 Å². The predicted octanol–water partition coefficient (Wildman–Crippen LogP) is 8.25. The molecule has 0 aliphatic carbocycles. The van der Waals surface area contributed by atoms with Gasteiger partial charge in [-0.25, -0.2) is 4.98 Å². The number of aromatic nitrogens is 3. The summed E-state index contributed by atoms with van der Waals surface area (Å²) >= 11 is 6.14. The highest BCUT2D eigenvalue weighted by Crippen LogP contribution is 2.44. The van der Waals surface area contributed by atoms with E-state index in [4.69, 9.17) is 16.6 Å². The molecular weight excluding hydrogens is 539 g/mol. The predicted molar refractivity (Wildman–Crippen MR) is 163 cm³/mol. The lowest BCUT2D eigenvalue weighted by atomic mass is 9.84. The van der Waals surface area contributed by atoms with Crippen molar-refractivity contribution in [1.82, 2.24) is 13.9 Å². The summed E-state index contributed by atoms with van der Waals surface area (Å²) in [5, 5.41) is 4.21. The summed E-state index contributed by atoms with van der Waals surface area (Å²) in [6.07, 6.45) is 3.82. The number of nitrogens with zero attached hydrogens (tertiary/aromatic N) is 4. The highest BCUT2D eigenvalue weighted by atomic mass is 35.5. The molecule has 2 aliphatic rings. The van der Waals surface area contributed by atoms with Crippen molar-refractivity contribution in [3.05, 3.63) is 124 Å². The Kier molecular flexibility index (Phi) is 5.63. The SMILES string of the molecule is CC1=CC(C)=[N+]2C1=C(c1ccc(Nc3c(-c4ccc(Cl)cc4)nc4ccccn34)cc1)c1c(C)cc(C)n1[B-]2(F)F. The highest BCUT2D eigenvalue weighted by Gasteiger charge is 2.55. The molecule has 9 heteroatoms. The fraction of sp³-hybridized carbons (Fsp3) is 0.125. The number of allylic oxidation sites excluding steroid dienone is 2. The van der Waals surface area contributed by atoms with Gasteiger partial charge in [0.15, 0.2) is 5.70 Å². The zero-order chi connectivity index (χ0) is 28.6. The van der Waals surface area contributed by atoms with Crippen LogP contribution in [-0.4, -0.2) is 31.0 Å². The van der Waals surface area contributed by atoms with Gasteiger partial charge in [-0.05, 0) is 80.1 Å². The number of rotatable bonds is 4. The summed E-state index contributed by atoms with van der Waals surface area (Å²) in [6, 6.07) is 23.3. The van der Waals surface area contributed by atoms with Crippen molar-refractivity contribution < 1.29 is 13.1 Å². The van der Waals surface area contributed by atoms with Gasteiger partial charge in [0.2, 0.25) is 0 Å². The van der Waals surface area contributed by atoms with Crippen molar-refractivity contribution in [3.8, 4) is 11.3 Å². The van der Waals surface area contributed by atoms with E-state index in [2.05, 4.69) is 5.32 Å². The molecule has 5 nitrogen and oxygen atoms in total. The average Bonchev–Trinajstić information content (AvgIpc) is 3.56. The van der Waals surface area contributed by atoms with E-state index >= 15 is 8.63 Å². The third-order valence-electron chi connectivity index (χ3n) is 8.02. The van der Waals surface area contributed by atoms with Gasteiger partial charge in [-0.1, -0.05) is 41.9 Å². The summed E-state index contributed by atoms with van der Waals surface area (Å²) in [6.45, 7) is 3.31. The zero-order valence-electron chi connectivity index (χ0n) is 23.1. The van der Waals surface area contributed by atoms with Gasteiger partial charge in [0.1, 0.15) is 22.9 Å². The topological polar surface area (TPSA) is 37.3 Å². The van der Waals surface area contributed by atoms with Crippen LogP contribution in [0.2, 0.25) is 5.02 Å². The van der Waals surface area contributed by atoms with Crippen LogP contribution in [-0.2, 0) is 0 Å². The first-order valence-corrected chi connectivity index (χ1v) is 13.9. The minimum Gasteiger partial charge on any atom is -0.393 e. The van der Waals surface area contributed by atoms with Crippen LogP contribution in [0, 0.1) is 13.8 Å². The molecule has 5 aromatic rings. The maximum Gasteiger partial charge on any atom is 0.737 e. The Bertz CT molecular complexity index is 1980. The number of nitrogens with one attached hydrogen (secondary N) is 1. The van der Waals surface area contributed by atoms with Gasteiger partial charge < -0.3 is 22.9 Å². The first-order chi connectivity index (χ1) is 19.6. The second kappa shape index (κ2) is 9.04. The van der Waals surface area contributed by atoms with E-state index in [0.29, 0.717) is 27.8 Å². The van der Waals surface area contributed by atoms with Gasteiger partial charge in [-0.3, -0.25) is 4.40 Å². The Morgan fingerprint density at radius 2 is 1.61 bits per heavy atom. The quantitative estimate of drug-likeness (QED) is 0.223. The molecule has 204 valence electrons. The monoisotopic (exact) mass is 565 g/mol. The lowest BCUT2D eigenvalue weighted by Gasteiger charge is -2.34. The second-order valence-electron chi connectivity index (χ2n) is 10.8. The first-order valence-electron chi connectivity index (χ1n) is 13.5. The van der Waals surface area contributed by atoms with Crippen LogP contribution in [0.15, 0.2) is 96.3 Å². The molecule has 0 amide bonds. The summed E-state index contributed by atoms with van der Waals surface area (Å²) in [7, 11) is 0. The third kappa shape index (κ3) is 3.81. The number of anilines is 2. The Labute approximate surface area is 241 Å². The molecule has 7 rings (SSSR count). The van der Waals surface area contributed by atoms with Gasteiger partial charge >= 0.3 is 6.97 Å². The highest BCUT2D eigenvalue weighted by molar-refractivity contribution is 6.58. The van der Waals surface area contributed by atoms with E-state index in [1.165, 1.54) is 8.96 Å². The molecule has 0 bridgehead atoms. The summed E-state index contributed by atoms with van der Waals surface area (Å²) in [5.74, 6) is 0.823. The van der Waals surface area contributed by atoms with Gasteiger partial charge in [0, 0.05) is 46.7 Å². The van der Waals surface area contributed by atoms with E-state index in [0.717, 1.165) is 50.7 Å². The number of halogens is 3. The molecule has 5 heterocycles. The van der Waals surface area contributed by atoms with Crippen LogP contribution in [0.25, 0.3) is 22.5 Å².